The summed E-state index contributed by atoms with van der Waals surface area (Å²) in [4.78, 5) is 0. The lowest BCUT2D eigenvalue weighted by atomic mass is 10.0. The Hall–Kier alpha value is -2.74. The lowest BCUT2D eigenvalue weighted by molar-refractivity contribution is 0.519. The molecule has 0 unspecified atom stereocenters. The van der Waals surface area contributed by atoms with Gasteiger partial charge < -0.3 is 4.74 Å². The summed E-state index contributed by atoms with van der Waals surface area (Å²) in [5.74, 6) is 15.7. The van der Waals surface area contributed by atoms with E-state index in [-0.39, 0.29) is 0 Å². The maximum atomic E-state index is 5.20. The van der Waals surface area contributed by atoms with Gasteiger partial charge in [0.2, 0.25) is 0 Å². The number of rotatable bonds is 2. The van der Waals surface area contributed by atoms with Crippen LogP contribution in [0, 0.1) is 48.1 Å². The summed E-state index contributed by atoms with van der Waals surface area (Å²) in [5, 5.41) is 0. The molecular formula is C17H12O. The molecule has 0 spiro atoms. The molecule has 0 heterocycles. The van der Waals surface area contributed by atoms with Gasteiger partial charge in [0.15, 0.2) is 0 Å². The molecule has 0 radical (unpaired) electrons. The summed E-state index contributed by atoms with van der Waals surface area (Å²) >= 11 is 0. The van der Waals surface area contributed by atoms with Gasteiger partial charge in [0.1, 0.15) is 11.9 Å². The van der Waals surface area contributed by atoms with Crippen LogP contribution in [-0.4, -0.2) is 0 Å². The standard InChI is InChI=1S/C17H12O/c1-4-5-6-7-8-9-14-18-17-12-10-16(11-13-17)15(2)3/h1,10-13,15H,2-3H3. The minimum absolute atomic E-state index is 0.505. The fourth-order valence-electron chi connectivity index (χ4n) is 1.16. The Labute approximate surface area is 109 Å². The van der Waals surface area contributed by atoms with E-state index in [1.165, 1.54) is 5.56 Å². The molecule has 1 aromatic carbocycles. The third kappa shape index (κ3) is 4.86. The minimum Gasteiger partial charge on any atom is -0.407 e. The highest BCUT2D eigenvalue weighted by Crippen LogP contribution is 2.18. The van der Waals surface area contributed by atoms with Crippen LogP contribution in [-0.2, 0) is 0 Å². The van der Waals surface area contributed by atoms with Crippen molar-refractivity contribution in [2.45, 2.75) is 19.8 Å². The molecule has 0 aromatic heterocycles. The quantitative estimate of drug-likeness (QED) is 0.712. The highest BCUT2D eigenvalue weighted by Gasteiger charge is 1.98. The first-order chi connectivity index (χ1) is 8.74. The Morgan fingerprint density at radius 2 is 1.56 bits per heavy atom. The highest BCUT2D eigenvalue weighted by atomic mass is 16.5. The molecule has 0 atom stereocenters. The van der Waals surface area contributed by atoms with Gasteiger partial charge in [-0.3, -0.25) is 0 Å². The molecule has 0 aliphatic rings. The van der Waals surface area contributed by atoms with Gasteiger partial charge in [0, 0.05) is 17.8 Å². The van der Waals surface area contributed by atoms with Crippen LogP contribution in [0.5, 0.6) is 5.75 Å². The lowest BCUT2D eigenvalue weighted by Crippen LogP contribution is -1.87. The van der Waals surface area contributed by atoms with Crippen LogP contribution in [0.2, 0.25) is 0 Å². The van der Waals surface area contributed by atoms with Gasteiger partial charge in [-0.1, -0.05) is 26.0 Å². The maximum Gasteiger partial charge on any atom is 0.140 e. The van der Waals surface area contributed by atoms with Gasteiger partial charge >= 0.3 is 0 Å². The van der Waals surface area contributed by atoms with Crippen molar-refractivity contribution in [1.29, 1.82) is 0 Å². The second-order valence-electron chi connectivity index (χ2n) is 3.70. The predicted molar refractivity (Wildman–Crippen MR) is 73.3 cm³/mol. The third-order valence-electron chi connectivity index (χ3n) is 2.09. The Bertz CT molecular complexity index is 608. The molecule has 1 heteroatoms. The molecule has 0 fully saturated rings. The van der Waals surface area contributed by atoms with Crippen LogP contribution in [0.15, 0.2) is 24.3 Å². The van der Waals surface area contributed by atoms with Crippen molar-refractivity contribution in [3.05, 3.63) is 29.8 Å². The Kier molecular flexibility index (Phi) is 5.57. The molecule has 0 aliphatic heterocycles. The predicted octanol–water partition coefficient (Wildman–Crippen LogP) is 2.79. The molecule has 0 saturated carbocycles. The summed E-state index contributed by atoms with van der Waals surface area (Å²) in [6.45, 7) is 4.28. The van der Waals surface area contributed by atoms with Gasteiger partial charge in [-0.05, 0) is 41.4 Å². The average Bonchev–Trinajstić information content (AvgIpc) is 2.38. The van der Waals surface area contributed by atoms with Gasteiger partial charge in [-0.25, -0.2) is 0 Å². The van der Waals surface area contributed by atoms with Crippen LogP contribution >= 0.6 is 0 Å². The Balaban J connectivity index is 2.56. The van der Waals surface area contributed by atoms with E-state index in [1.54, 1.807) is 0 Å². The van der Waals surface area contributed by atoms with Crippen molar-refractivity contribution in [3.63, 3.8) is 0 Å². The topological polar surface area (TPSA) is 9.23 Å². The van der Waals surface area contributed by atoms with E-state index in [2.05, 4.69) is 55.5 Å². The molecule has 1 rings (SSSR count). The zero-order chi connectivity index (χ0) is 13.2. The maximum absolute atomic E-state index is 5.20. The third-order valence-corrected chi connectivity index (χ3v) is 2.09. The van der Waals surface area contributed by atoms with Gasteiger partial charge in [0.05, 0.1) is 0 Å². The monoisotopic (exact) mass is 232 g/mol. The SMILES string of the molecule is C#CC#CC#CC#COc1ccc(C(C)C)cc1. The molecule has 0 amide bonds. The van der Waals surface area contributed by atoms with Crippen LogP contribution in [0.1, 0.15) is 25.3 Å². The molecule has 0 N–H and O–H groups in total. The molecule has 1 aromatic rings. The number of benzene rings is 1. The average molecular weight is 232 g/mol. The molecule has 1 nitrogen and oxygen atoms in total. The van der Waals surface area contributed by atoms with E-state index in [1.807, 2.05) is 24.3 Å². The van der Waals surface area contributed by atoms with E-state index in [9.17, 15) is 0 Å². The number of hydrogen-bond donors (Lipinski definition) is 0. The van der Waals surface area contributed by atoms with Crippen molar-refractivity contribution in [1.82, 2.24) is 0 Å². The lowest BCUT2D eigenvalue weighted by Gasteiger charge is -2.04. The summed E-state index contributed by atoms with van der Waals surface area (Å²) < 4.78 is 5.20. The second kappa shape index (κ2) is 7.52. The van der Waals surface area contributed by atoms with Crippen molar-refractivity contribution < 1.29 is 4.74 Å². The normalized spacial score (nSPS) is 7.67. The van der Waals surface area contributed by atoms with E-state index >= 15 is 0 Å². The van der Waals surface area contributed by atoms with E-state index in [0.29, 0.717) is 11.7 Å². The van der Waals surface area contributed by atoms with Crippen LogP contribution in [0.3, 0.4) is 0 Å². The Morgan fingerprint density at radius 3 is 2.17 bits per heavy atom. The summed E-state index contributed by atoms with van der Waals surface area (Å²) in [6.07, 6.45) is 7.41. The van der Waals surface area contributed by atoms with Crippen molar-refractivity contribution in [2.24, 2.45) is 0 Å². The first-order valence-electron chi connectivity index (χ1n) is 5.46. The van der Waals surface area contributed by atoms with Gasteiger partial charge in [0.25, 0.3) is 0 Å². The summed E-state index contributed by atoms with van der Waals surface area (Å²) in [7, 11) is 0. The second-order valence-corrected chi connectivity index (χ2v) is 3.70. The van der Waals surface area contributed by atoms with E-state index in [0.717, 1.165) is 0 Å². The largest absolute Gasteiger partial charge is 0.407 e. The first-order valence-corrected chi connectivity index (χ1v) is 5.46. The number of hydrogen-bond acceptors (Lipinski definition) is 1. The summed E-state index contributed by atoms with van der Waals surface area (Å²) in [5.41, 5.74) is 1.26. The smallest absolute Gasteiger partial charge is 0.140 e. The molecular weight excluding hydrogens is 220 g/mol. The zero-order valence-electron chi connectivity index (χ0n) is 10.4. The fraction of sp³-hybridized carbons (Fsp3) is 0.176. The highest BCUT2D eigenvalue weighted by molar-refractivity contribution is 5.39. The fourth-order valence-corrected chi connectivity index (χ4v) is 1.16. The molecule has 0 aliphatic carbocycles. The molecule has 0 bridgehead atoms. The molecule has 18 heavy (non-hydrogen) atoms. The van der Waals surface area contributed by atoms with Crippen molar-refractivity contribution in [2.75, 3.05) is 0 Å². The number of ether oxygens (including phenoxy) is 1. The summed E-state index contributed by atoms with van der Waals surface area (Å²) in [6, 6.07) is 7.81. The molecule has 0 saturated heterocycles. The van der Waals surface area contributed by atoms with Gasteiger partial charge in [-0.15, -0.1) is 6.42 Å². The Morgan fingerprint density at radius 1 is 0.944 bits per heavy atom. The van der Waals surface area contributed by atoms with Crippen molar-refractivity contribution in [3.8, 4) is 53.8 Å². The zero-order valence-corrected chi connectivity index (χ0v) is 10.4. The van der Waals surface area contributed by atoms with Gasteiger partial charge in [-0.2, -0.15) is 0 Å². The minimum atomic E-state index is 0.505. The van der Waals surface area contributed by atoms with Crippen LogP contribution in [0.25, 0.3) is 0 Å². The first kappa shape index (κ1) is 13.3. The van der Waals surface area contributed by atoms with Crippen molar-refractivity contribution >= 4 is 0 Å². The van der Waals surface area contributed by atoms with E-state index < -0.39 is 0 Å². The molecule has 86 valence electrons. The number of terminal acetylenes is 1. The van der Waals surface area contributed by atoms with Crippen LogP contribution < -0.4 is 4.74 Å². The van der Waals surface area contributed by atoms with Crippen LogP contribution in [0.4, 0.5) is 0 Å². The van der Waals surface area contributed by atoms with E-state index in [4.69, 9.17) is 11.2 Å².